The van der Waals surface area contributed by atoms with E-state index in [0.717, 1.165) is 0 Å². The third-order valence-corrected chi connectivity index (χ3v) is 6.53. The number of ether oxygens (including phenoxy) is 2. The van der Waals surface area contributed by atoms with Gasteiger partial charge in [0.25, 0.3) is 5.91 Å². The summed E-state index contributed by atoms with van der Waals surface area (Å²) in [5, 5.41) is 2.65. The van der Waals surface area contributed by atoms with Gasteiger partial charge in [0.15, 0.2) is 5.75 Å². The molecule has 1 N–H and O–H groups in total. The van der Waals surface area contributed by atoms with Gasteiger partial charge in [-0.1, -0.05) is 0 Å². The number of morpholine rings is 1. The van der Waals surface area contributed by atoms with Crippen molar-refractivity contribution in [3.05, 3.63) is 72.4 Å². The number of anilines is 1. The molecule has 0 unspecified atom stereocenters. The van der Waals surface area contributed by atoms with E-state index in [9.17, 15) is 17.6 Å². The predicted molar refractivity (Wildman–Crippen MR) is 109 cm³/mol. The van der Waals surface area contributed by atoms with Crippen molar-refractivity contribution in [2.45, 2.75) is 4.90 Å². The minimum absolute atomic E-state index is 0.00310. The third kappa shape index (κ3) is 4.76. The number of benzene rings is 2. The average molecular weight is 446 g/mol. The first kappa shape index (κ1) is 21.0. The second-order valence-corrected chi connectivity index (χ2v) is 8.63. The van der Waals surface area contributed by atoms with Crippen LogP contribution < -0.4 is 10.1 Å². The number of hydrogen-bond donors (Lipinski definition) is 1. The number of carbonyl (C=O) groups is 1. The van der Waals surface area contributed by atoms with Crippen LogP contribution in [0, 0.1) is 5.82 Å². The molecule has 4 rings (SSSR count). The number of rotatable bonds is 6. The Balaban J connectivity index is 1.68. The first-order valence-corrected chi connectivity index (χ1v) is 10.9. The molecule has 3 aromatic rings. The van der Waals surface area contributed by atoms with Gasteiger partial charge in [-0.25, -0.2) is 12.8 Å². The molecule has 0 radical (unpaired) electrons. The maximum atomic E-state index is 13.2. The SMILES string of the molecule is O=C(Nc1cc(S(=O)(=O)N2CCOCC2)ccc1Oc1ccc(F)cc1)c1ccoc1. The normalized spacial score (nSPS) is 14.9. The summed E-state index contributed by atoms with van der Waals surface area (Å²) >= 11 is 0. The van der Waals surface area contributed by atoms with Crippen molar-refractivity contribution < 1.29 is 31.5 Å². The highest BCUT2D eigenvalue weighted by molar-refractivity contribution is 7.89. The van der Waals surface area contributed by atoms with Crippen LogP contribution in [0.3, 0.4) is 0 Å². The highest BCUT2D eigenvalue weighted by Gasteiger charge is 2.27. The van der Waals surface area contributed by atoms with Gasteiger partial charge in [-0.05, 0) is 48.5 Å². The fourth-order valence-electron chi connectivity index (χ4n) is 3.01. The zero-order valence-electron chi connectivity index (χ0n) is 16.3. The Hall–Kier alpha value is -3.21. The van der Waals surface area contributed by atoms with Crippen LogP contribution in [0.25, 0.3) is 0 Å². The average Bonchev–Trinajstić information content (AvgIpc) is 3.32. The maximum absolute atomic E-state index is 13.2. The molecule has 162 valence electrons. The molecule has 1 aromatic heterocycles. The van der Waals surface area contributed by atoms with E-state index >= 15 is 0 Å². The lowest BCUT2D eigenvalue weighted by Crippen LogP contribution is -2.40. The topological polar surface area (TPSA) is 98.1 Å². The Bertz CT molecular complexity index is 1160. The van der Waals surface area contributed by atoms with Crippen LogP contribution in [0.4, 0.5) is 10.1 Å². The number of sulfonamides is 1. The van der Waals surface area contributed by atoms with Crippen LogP contribution in [0.2, 0.25) is 0 Å². The molecule has 8 nitrogen and oxygen atoms in total. The lowest BCUT2D eigenvalue weighted by Gasteiger charge is -2.26. The Labute approximate surface area is 178 Å². The molecule has 1 aliphatic rings. The summed E-state index contributed by atoms with van der Waals surface area (Å²) in [7, 11) is -3.79. The smallest absolute Gasteiger partial charge is 0.259 e. The van der Waals surface area contributed by atoms with E-state index in [2.05, 4.69) is 5.32 Å². The minimum atomic E-state index is -3.79. The molecular weight excluding hydrogens is 427 g/mol. The second kappa shape index (κ2) is 8.88. The zero-order chi connectivity index (χ0) is 21.8. The van der Waals surface area contributed by atoms with Gasteiger partial charge in [-0.2, -0.15) is 4.31 Å². The van der Waals surface area contributed by atoms with Crippen molar-refractivity contribution in [3.63, 3.8) is 0 Å². The molecule has 10 heteroatoms. The summed E-state index contributed by atoms with van der Waals surface area (Å²) < 4.78 is 56.5. The lowest BCUT2D eigenvalue weighted by atomic mass is 10.2. The predicted octanol–water partition coefficient (Wildman–Crippen LogP) is 3.48. The van der Waals surface area contributed by atoms with Crippen LogP contribution >= 0.6 is 0 Å². The van der Waals surface area contributed by atoms with Gasteiger partial charge < -0.3 is 19.2 Å². The van der Waals surface area contributed by atoms with Gasteiger partial charge in [-0.15, -0.1) is 0 Å². The van der Waals surface area contributed by atoms with Gasteiger partial charge in [0, 0.05) is 13.1 Å². The molecule has 1 aliphatic heterocycles. The van der Waals surface area contributed by atoms with Gasteiger partial charge in [-0.3, -0.25) is 4.79 Å². The summed E-state index contributed by atoms with van der Waals surface area (Å²) in [6.07, 6.45) is 2.62. The van der Waals surface area contributed by atoms with Crippen LogP contribution in [0.1, 0.15) is 10.4 Å². The molecule has 2 heterocycles. The number of amides is 1. The molecule has 31 heavy (non-hydrogen) atoms. The zero-order valence-corrected chi connectivity index (χ0v) is 17.1. The number of halogens is 1. The highest BCUT2D eigenvalue weighted by Crippen LogP contribution is 2.33. The van der Waals surface area contributed by atoms with E-state index < -0.39 is 21.7 Å². The fraction of sp³-hybridized carbons (Fsp3) is 0.190. The number of carbonyl (C=O) groups excluding carboxylic acids is 1. The molecule has 0 atom stereocenters. The molecule has 1 fully saturated rings. The number of nitrogens with zero attached hydrogens (tertiary/aromatic N) is 1. The molecule has 1 saturated heterocycles. The lowest BCUT2D eigenvalue weighted by molar-refractivity contribution is 0.0730. The highest BCUT2D eigenvalue weighted by atomic mass is 32.2. The standard InChI is InChI=1S/C21H19FN2O6S/c22-16-1-3-17(4-2-16)30-20-6-5-18(31(26,27)24-8-11-28-12-9-24)13-19(20)23-21(25)15-7-10-29-14-15/h1-7,10,13-14H,8-9,11-12H2,(H,23,25). The summed E-state index contributed by atoms with van der Waals surface area (Å²) in [4.78, 5) is 12.5. The Kier molecular flexibility index (Phi) is 6.03. The summed E-state index contributed by atoms with van der Waals surface area (Å²) in [5.74, 6) is -0.403. The molecule has 0 spiro atoms. The molecule has 1 amide bonds. The summed E-state index contributed by atoms with van der Waals surface area (Å²) in [5.41, 5.74) is 0.402. The van der Waals surface area contributed by atoms with Crippen LogP contribution in [0.5, 0.6) is 11.5 Å². The summed E-state index contributed by atoms with van der Waals surface area (Å²) in [6.45, 7) is 1.11. The molecule has 0 aliphatic carbocycles. The first-order chi connectivity index (χ1) is 14.9. The van der Waals surface area contributed by atoms with E-state index in [0.29, 0.717) is 19.0 Å². The second-order valence-electron chi connectivity index (χ2n) is 6.70. The van der Waals surface area contributed by atoms with Crippen molar-refractivity contribution >= 4 is 21.6 Å². The van der Waals surface area contributed by atoms with Gasteiger partial charge in [0.05, 0.1) is 35.6 Å². The number of hydrogen-bond acceptors (Lipinski definition) is 6. The minimum Gasteiger partial charge on any atom is -0.472 e. The van der Waals surface area contributed by atoms with Crippen LogP contribution in [-0.2, 0) is 14.8 Å². The fourth-order valence-corrected chi connectivity index (χ4v) is 4.44. The Morgan fingerprint density at radius 2 is 1.81 bits per heavy atom. The van der Waals surface area contributed by atoms with Gasteiger partial charge in [0.2, 0.25) is 10.0 Å². The number of nitrogens with one attached hydrogen (secondary N) is 1. The van der Waals surface area contributed by atoms with Crippen LogP contribution in [0.15, 0.2) is 70.4 Å². The Morgan fingerprint density at radius 1 is 1.06 bits per heavy atom. The van der Waals surface area contributed by atoms with Crippen molar-refractivity contribution in [1.29, 1.82) is 0 Å². The van der Waals surface area contributed by atoms with Crippen LogP contribution in [-0.4, -0.2) is 44.9 Å². The van der Waals surface area contributed by atoms with E-state index in [1.165, 1.54) is 65.4 Å². The molecule has 2 aromatic carbocycles. The first-order valence-electron chi connectivity index (χ1n) is 9.42. The monoisotopic (exact) mass is 446 g/mol. The maximum Gasteiger partial charge on any atom is 0.259 e. The van der Waals surface area contributed by atoms with Crippen molar-refractivity contribution in [2.75, 3.05) is 31.6 Å². The molecular formula is C21H19FN2O6S. The Morgan fingerprint density at radius 3 is 2.48 bits per heavy atom. The molecule has 0 saturated carbocycles. The van der Waals surface area contributed by atoms with E-state index in [1.807, 2.05) is 0 Å². The van der Waals surface area contributed by atoms with Crippen molar-refractivity contribution in [3.8, 4) is 11.5 Å². The van der Waals surface area contributed by atoms with E-state index in [1.54, 1.807) is 0 Å². The van der Waals surface area contributed by atoms with Gasteiger partial charge in [0.1, 0.15) is 17.8 Å². The third-order valence-electron chi connectivity index (χ3n) is 4.63. The molecule has 0 bridgehead atoms. The summed E-state index contributed by atoms with van der Waals surface area (Å²) in [6, 6.07) is 11.0. The largest absolute Gasteiger partial charge is 0.472 e. The van der Waals surface area contributed by atoms with Crippen molar-refractivity contribution in [2.24, 2.45) is 0 Å². The van der Waals surface area contributed by atoms with Crippen molar-refractivity contribution in [1.82, 2.24) is 4.31 Å². The quantitative estimate of drug-likeness (QED) is 0.623. The van der Waals surface area contributed by atoms with E-state index in [-0.39, 0.29) is 35.0 Å². The van der Waals surface area contributed by atoms with Gasteiger partial charge >= 0.3 is 0 Å². The number of furan rings is 1. The van der Waals surface area contributed by atoms with E-state index in [4.69, 9.17) is 13.9 Å².